The number of hydrogen-bond donors (Lipinski definition) is 0. The zero-order chi connectivity index (χ0) is 17.2. The van der Waals surface area contributed by atoms with Gasteiger partial charge in [-0.2, -0.15) is 13.2 Å². The second-order valence-electron chi connectivity index (χ2n) is 6.39. The fraction of sp³-hybridized carbons (Fsp3) is 0.500. The summed E-state index contributed by atoms with van der Waals surface area (Å²) in [5, 5.41) is 0. The summed E-state index contributed by atoms with van der Waals surface area (Å²) in [4.78, 5) is 16.4. The lowest BCUT2D eigenvalue weighted by atomic mass is 10.0. The molecule has 2 aliphatic heterocycles. The molecule has 0 aliphatic carbocycles. The van der Waals surface area contributed by atoms with E-state index in [0.717, 1.165) is 38.4 Å². The number of allylic oxidation sites excluding steroid dienone is 1. The molecular formula is C18H21F3N2O. The van der Waals surface area contributed by atoms with Crippen LogP contribution in [0.2, 0.25) is 0 Å². The number of amides is 1. The largest absolute Gasteiger partial charge is 0.417 e. The fourth-order valence-electron chi connectivity index (χ4n) is 3.57. The van der Waals surface area contributed by atoms with Gasteiger partial charge in [-0.1, -0.05) is 30.3 Å². The smallest absolute Gasteiger partial charge is 0.338 e. The van der Waals surface area contributed by atoms with Crippen LogP contribution in [0.3, 0.4) is 0 Å². The first-order chi connectivity index (χ1) is 11.4. The van der Waals surface area contributed by atoms with Gasteiger partial charge in [-0.3, -0.25) is 9.69 Å². The third kappa shape index (κ3) is 3.80. The van der Waals surface area contributed by atoms with E-state index in [1.54, 1.807) is 23.1 Å². The molecule has 0 N–H and O–H groups in total. The van der Waals surface area contributed by atoms with Gasteiger partial charge in [-0.25, -0.2) is 0 Å². The Bertz CT molecular complexity index is 612. The molecule has 1 atom stereocenters. The molecule has 1 amide bonds. The highest BCUT2D eigenvalue weighted by atomic mass is 19.4. The summed E-state index contributed by atoms with van der Waals surface area (Å²) in [7, 11) is 0. The molecule has 2 fully saturated rings. The number of carbonyl (C=O) groups excluding carboxylic acids is 1. The Morgan fingerprint density at radius 1 is 1.08 bits per heavy atom. The number of alkyl halides is 3. The Hall–Kier alpha value is -1.82. The summed E-state index contributed by atoms with van der Waals surface area (Å²) in [5.41, 5.74) is -0.851. The standard InChI is InChI=1S/C18H21F3N2O/c19-18(20,21)16(14-6-2-1-3-7-14)12-17(24)23-11-5-10-22-9-4-8-15(22)13-23/h1-3,6-7,12,15H,4-5,8-11,13H2/b16-12+/t15-/m1/s1. The van der Waals surface area contributed by atoms with Gasteiger partial charge in [-0.15, -0.1) is 0 Å². The van der Waals surface area contributed by atoms with Crippen molar-refractivity contribution in [2.45, 2.75) is 31.5 Å². The van der Waals surface area contributed by atoms with E-state index in [1.165, 1.54) is 12.1 Å². The SMILES string of the molecule is O=C(/C=C(\c1ccccc1)C(F)(F)F)N1CCCN2CCC[C@@H]2C1. The van der Waals surface area contributed by atoms with Gasteiger partial charge in [0.15, 0.2) is 0 Å². The Balaban J connectivity index is 1.82. The average Bonchev–Trinajstić information content (AvgIpc) is 2.89. The van der Waals surface area contributed by atoms with Crippen LogP contribution >= 0.6 is 0 Å². The summed E-state index contributed by atoms with van der Waals surface area (Å²) in [5.74, 6) is -0.542. The Morgan fingerprint density at radius 3 is 2.50 bits per heavy atom. The topological polar surface area (TPSA) is 23.6 Å². The summed E-state index contributed by atoms with van der Waals surface area (Å²) in [6.07, 6.45) is -0.871. The summed E-state index contributed by atoms with van der Waals surface area (Å²) < 4.78 is 40.1. The van der Waals surface area contributed by atoms with Crippen molar-refractivity contribution in [2.24, 2.45) is 0 Å². The number of benzene rings is 1. The van der Waals surface area contributed by atoms with Crippen LogP contribution < -0.4 is 0 Å². The third-order valence-electron chi connectivity index (χ3n) is 4.77. The lowest BCUT2D eigenvalue weighted by Crippen LogP contribution is -2.39. The van der Waals surface area contributed by atoms with E-state index in [-0.39, 0.29) is 11.6 Å². The molecule has 1 aromatic rings. The first kappa shape index (κ1) is 17.0. The molecule has 130 valence electrons. The van der Waals surface area contributed by atoms with Crippen LogP contribution in [0.5, 0.6) is 0 Å². The van der Waals surface area contributed by atoms with E-state index < -0.39 is 17.7 Å². The minimum atomic E-state index is -4.55. The van der Waals surface area contributed by atoms with E-state index in [4.69, 9.17) is 0 Å². The van der Waals surface area contributed by atoms with E-state index in [1.807, 2.05) is 0 Å². The third-order valence-corrected chi connectivity index (χ3v) is 4.77. The van der Waals surface area contributed by atoms with Gasteiger partial charge >= 0.3 is 6.18 Å². The molecular weight excluding hydrogens is 317 g/mol. The molecule has 2 saturated heterocycles. The zero-order valence-corrected chi connectivity index (χ0v) is 13.4. The first-order valence-corrected chi connectivity index (χ1v) is 8.32. The predicted molar refractivity (Wildman–Crippen MR) is 86.3 cm³/mol. The molecule has 0 radical (unpaired) electrons. The maximum Gasteiger partial charge on any atom is 0.417 e. The van der Waals surface area contributed by atoms with E-state index in [9.17, 15) is 18.0 Å². The molecule has 0 aromatic heterocycles. The van der Waals surface area contributed by atoms with Gasteiger partial charge in [-0.05, 0) is 31.4 Å². The molecule has 3 nitrogen and oxygen atoms in total. The lowest BCUT2D eigenvalue weighted by molar-refractivity contribution is -0.126. The molecule has 2 aliphatic rings. The number of rotatable bonds is 2. The molecule has 1 aromatic carbocycles. The zero-order valence-electron chi connectivity index (χ0n) is 13.4. The number of fused-ring (bicyclic) bond motifs is 1. The monoisotopic (exact) mass is 338 g/mol. The summed E-state index contributed by atoms with van der Waals surface area (Å²) in [6.45, 7) is 2.99. The van der Waals surface area contributed by atoms with Crippen LogP contribution in [0, 0.1) is 0 Å². The molecule has 3 rings (SSSR count). The van der Waals surface area contributed by atoms with Crippen molar-refractivity contribution in [3.05, 3.63) is 42.0 Å². The molecule has 0 spiro atoms. The van der Waals surface area contributed by atoms with E-state index in [2.05, 4.69) is 4.90 Å². The average molecular weight is 338 g/mol. The van der Waals surface area contributed by atoms with E-state index >= 15 is 0 Å². The van der Waals surface area contributed by atoms with Crippen LogP contribution in [0.25, 0.3) is 5.57 Å². The van der Waals surface area contributed by atoms with Crippen molar-refractivity contribution < 1.29 is 18.0 Å². The van der Waals surface area contributed by atoms with Crippen molar-refractivity contribution in [3.8, 4) is 0 Å². The van der Waals surface area contributed by atoms with E-state index in [0.29, 0.717) is 13.1 Å². The van der Waals surface area contributed by atoms with Crippen LogP contribution in [-0.4, -0.2) is 54.1 Å². The number of halogens is 3. The molecule has 0 unspecified atom stereocenters. The maximum atomic E-state index is 13.4. The Morgan fingerprint density at radius 2 is 1.79 bits per heavy atom. The van der Waals surface area contributed by atoms with Crippen LogP contribution in [-0.2, 0) is 4.79 Å². The van der Waals surface area contributed by atoms with Crippen molar-refractivity contribution in [2.75, 3.05) is 26.2 Å². The molecule has 6 heteroatoms. The van der Waals surface area contributed by atoms with Gasteiger partial charge in [0.05, 0.1) is 5.57 Å². The van der Waals surface area contributed by atoms with Gasteiger partial charge in [0.1, 0.15) is 0 Å². The van der Waals surface area contributed by atoms with Gasteiger partial charge in [0.25, 0.3) is 0 Å². The quantitative estimate of drug-likeness (QED) is 0.772. The molecule has 0 bridgehead atoms. The second kappa shape index (κ2) is 6.97. The lowest BCUT2D eigenvalue weighted by Gasteiger charge is -2.25. The minimum Gasteiger partial charge on any atom is -0.338 e. The number of carbonyl (C=O) groups is 1. The number of hydrogen-bond acceptors (Lipinski definition) is 2. The highest BCUT2D eigenvalue weighted by Crippen LogP contribution is 2.34. The van der Waals surface area contributed by atoms with Crippen LogP contribution in [0.4, 0.5) is 13.2 Å². The van der Waals surface area contributed by atoms with Gasteiger partial charge in [0, 0.05) is 31.8 Å². The van der Waals surface area contributed by atoms with Crippen molar-refractivity contribution in [1.29, 1.82) is 0 Å². The van der Waals surface area contributed by atoms with Gasteiger partial charge < -0.3 is 4.90 Å². The summed E-state index contributed by atoms with van der Waals surface area (Å²) in [6, 6.07) is 7.80. The summed E-state index contributed by atoms with van der Waals surface area (Å²) >= 11 is 0. The normalized spacial score (nSPS) is 23.0. The Kier molecular flexibility index (Phi) is 4.94. The molecule has 24 heavy (non-hydrogen) atoms. The second-order valence-corrected chi connectivity index (χ2v) is 6.39. The number of nitrogens with zero attached hydrogens (tertiary/aromatic N) is 2. The molecule has 2 heterocycles. The Labute approximate surface area is 139 Å². The minimum absolute atomic E-state index is 0.0238. The predicted octanol–water partition coefficient (Wildman–Crippen LogP) is 3.33. The van der Waals surface area contributed by atoms with Crippen molar-refractivity contribution in [1.82, 2.24) is 9.80 Å². The van der Waals surface area contributed by atoms with Crippen LogP contribution in [0.1, 0.15) is 24.8 Å². The first-order valence-electron chi connectivity index (χ1n) is 8.32. The van der Waals surface area contributed by atoms with Crippen LogP contribution in [0.15, 0.2) is 36.4 Å². The van der Waals surface area contributed by atoms with Gasteiger partial charge in [0.2, 0.25) is 5.91 Å². The highest BCUT2D eigenvalue weighted by Gasteiger charge is 2.36. The molecule has 0 saturated carbocycles. The van der Waals surface area contributed by atoms with Crippen molar-refractivity contribution in [3.63, 3.8) is 0 Å². The maximum absolute atomic E-state index is 13.4. The fourth-order valence-corrected chi connectivity index (χ4v) is 3.57. The highest BCUT2D eigenvalue weighted by molar-refractivity contribution is 5.96. The van der Waals surface area contributed by atoms with Crippen molar-refractivity contribution >= 4 is 11.5 Å².